The fourth-order valence-corrected chi connectivity index (χ4v) is 3.55. The van der Waals surface area contributed by atoms with E-state index < -0.39 is 18.6 Å². The number of carbonyl (C=O) groups is 1. The van der Waals surface area contributed by atoms with E-state index in [2.05, 4.69) is 4.98 Å². The highest BCUT2D eigenvalue weighted by Crippen LogP contribution is 2.40. The number of fused-ring (bicyclic) bond motifs is 1. The van der Waals surface area contributed by atoms with Crippen molar-refractivity contribution >= 4 is 22.4 Å². The number of ether oxygens (including phenoxy) is 1. The Labute approximate surface area is 124 Å². The van der Waals surface area contributed by atoms with Gasteiger partial charge in [-0.05, 0) is 26.7 Å². The van der Waals surface area contributed by atoms with E-state index in [4.69, 9.17) is 4.74 Å². The Morgan fingerprint density at radius 3 is 2.76 bits per heavy atom. The molecule has 0 saturated heterocycles. The lowest BCUT2D eigenvalue weighted by molar-refractivity contribution is -0.145. The second-order valence-corrected chi connectivity index (χ2v) is 5.84. The largest absolute Gasteiger partial charge is 0.465 e. The summed E-state index contributed by atoms with van der Waals surface area (Å²) in [6, 6.07) is 0. The lowest BCUT2D eigenvalue weighted by Crippen LogP contribution is -2.34. The minimum absolute atomic E-state index is 0.218. The molecule has 0 spiro atoms. The maximum absolute atomic E-state index is 12.5. The molecule has 2 rings (SSSR count). The van der Waals surface area contributed by atoms with Gasteiger partial charge in [0, 0.05) is 11.4 Å². The summed E-state index contributed by atoms with van der Waals surface area (Å²) >= 11 is 1.24. The van der Waals surface area contributed by atoms with Crippen LogP contribution >= 0.6 is 11.3 Å². The Balaban J connectivity index is 2.18. The second-order valence-electron chi connectivity index (χ2n) is 4.78. The monoisotopic (exact) mass is 322 g/mol. The predicted octanol–water partition coefficient (Wildman–Crippen LogP) is 3.12. The van der Waals surface area contributed by atoms with Crippen molar-refractivity contribution in [1.82, 2.24) is 4.98 Å². The molecule has 1 unspecified atom stereocenters. The zero-order chi connectivity index (χ0) is 15.6. The van der Waals surface area contributed by atoms with E-state index in [0.717, 1.165) is 4.88 Å². The molecule has 0 radical (unpaired) electrons. The van der Waals surface area contributed by atoms with Crippen LogP contribution in [0, 0.1) is 0 Å². The van der Waals surface area contributed by atoms with Crippen molar-refractivity contribution in [3.05, 3.63) is 10.6 Å². The van der Waals surface area contributed by atoms with E-state index in [-0.39, 0.29) is 19.1 Å². The first-order valence-electron chi connectivity index (χ1n) is 6.83. The van der Waals surface area contributed by atoms with E-state index in [1.165, 1.54) is 16.2 Å². The fourth-order valence-electron chi connectivity index (χ4n) is 2.35. The van der Waals surface area contributed by atoms with Crippen LogP contribution < -0.4 is 4.90 Å². The first-order chi connectivity index (χ1) is 9.85. The van der Waals surface area contributed by atoms with Gasteiger partial charge in [0.2, 0.25) is 0 Å². The number of aryl methyl sites for hydroxylation is 1. The third kappa shape index (κ3) is 3.66. The molecule has 1 aromatic rings. The number of alkyl halides is 3. The highest BCUT2D eigenvalue weighted by molar-refractivity contribution is 7.15. The summed E-state index contributed by atoms with van der Waals surface area (Å²) in [7, 11) is 0. The number of halogens is 3. The Bertz CT molecular complexity index is 516. The summed E-state index contributed by atoms with van der Waals surface area (Å²) < 4.78 is 42.6. The van der Waals surface area contributed by atoms with Gasteiger partial charge in [0.05, 0.1) is 12.3 Å². The van der Waals surface area contributed by atoms with Gasteiger partial charge < -0.3 is 9.64 Å². The molecule has 0 saturated carbocycles. The summed E-state index contributed by atoms with van der Waals surface area (Å²) in [5, 5.41) is 0.328. The molecular weight excluding hydrogens is 305 g/mol. The molecule has 118 valence electrons. The van der Waals surface area contributed by atoms with Crippen LogP contribution in [0.1, 0.15) is 36.8 Å². The van der Waals surface area contributed by atoms with Gasteiger partial charge in [-0.1, -0.05) is 0 Å². The minimum Gasteiger partial charge on any atom is -0.465 e. The average Bonchev–Trinajstić information content (AvgIpc) is 2.94. The third-order valence-electron chi connectivity index (χ3n) is 3.30. The zero-order valence-corrected chi connectivity index (χ0v) is 12.7. The molecule has 0 bridgehead atoms. The SMILES string of the molecule is CCOC(=O)C1CCc2sc(N(CC)CC(F)(F)F)nc21. The van der Waals surface area contributed by atoms with Crippen LogP contribution in [0.2, 0.25) is 0 Å². The molecule has 1 aliphatic carbocycles. The highest BCUT2D eigenvalue weighted by Gasteiger charge is 2.36. The van der Waals surface area contributed by atoms with E-state index >= 15 is 0 Å². The second kappa shape index (κ2) is 6.21. The standard InChI is InChI=1S/C13H17F3N2O2S/c1-3-18(7-13(14,15)16)12-17-10-8(11(19)20-4-2)5-6-9(10)21-12/h8H,3-7H2,1-2H3. The first-order valence-corrected chi connectivity index (χ1v) is 7.65. The Kier molecular flexibility index (Phi) is 4.75. The van der Waals surface area contributed by atoms with Crippen molar-refractivity contribution in [3.8, 4) is 0 Å². The number of rotatable bonds is 5. The molecule has 1 atom stereocenters. The number of thiazole rings is 1. The lowest BCUT2D eigenvalue weighted by atomic mass is 10.1. The average molecular weight is 322 g/mol. The van der Waals surface area contributed by atoms with Gasteiger partial charge in [0.15, 0.2) is 5.13 Å². The number of carbonyl (C=O) groups excluding carboxylic acids is 1. The van der Waals surface area contributed by atoms with Gasteiger partial charge >= 0.3 is 12.1 Å². The molecule has 0 fully saturated rings. The first kappa shape index (κ1) is 16.1. The van der Waals surface area contributed by atoms with Gasteiger partial charge in [0.1, 0.15) is 12.5 Å². The molecule has 4 nitrogen and oxygen atoms in total. The maximum atomic E-state index is 12.5. The molecular formula is C13H17F3N2O2S. The van der Waals surface area contributed by atoms with Crippen LogP contribution in [0.3, 0.4) is 0 Å². The molecule has 0 aromatic carbocycles. The topological polar surface area (TPSA) is 42.4 Å². The lowest BCUT2D eigenvalue weighted by Gasteiger charge is -2.21. The molecule has 1 aliphatic rings. The zero-order valence-electron chi connectivity index (χ0n) is 11.9. The number of aromatic nitrogens is 1. The van der Waals surface area contributed by atoms with Crippen LogP contribution in [0.25, 0.3) is 0 Å². The van der Waals surface area contributed by atoms with Crippen molar-refractivity contribution in [1.29, 1.82) is 0 Å². The Morgan fingerprint density at radius 1 is 1.48 bits per heavy atom. The summed E-state index contributed by atoms with van der Waals surface area (Å²) in [5.41, 5.74) is 0.592. The molecule has 1 heterocycles. The number of hydrogen-bond acceptors (Lipinski definition) is 5. The summed E-state index contributed by atoms with van der Waals surface area (Å²) in [4.78, 5) is 18.2. The fraction of sp³-hybridized carbons (Fsp3) is 0.692. The molecule has 0 aliphatic heterocycles. The van der Waals surface area contributed by atoms with Gasteiger partial charge in [-0.2, -0.15) is 13.2 Å². The predicted molar refractivity (Wildman–Crippen MR) is 73.8 cm³/mol. The van der Waals surface area contributed by atoms with Crippen molar-refractivity contribution < 1.29 is 22.7 Å². The smallest absolute Gasteiger partial charge is 0.406 e. The molecule has 0 N–H and O–H groups in total. The van der Waals surface area contributed by atoms with Crippen LogP contribution in [-0.4, -0.2) is 36.8 Å². The Morgan fingerprint density at radius 2 is 2.19 bits per heavy atom. The molecule has 0 amide bonds. The van der Waals surface area contributed by atoms with Crippen LogP contribution in [0.4, 0.5) is 18.3 Å². The third-order valence-corrected chi connectivity index (χ3v) is 4.49. The number of nitrogens with zero attached hydrogens (tertiary/aromatic N) is 2. The van der Waals surface area contributed by atoms with E-state index in [0.29, 0.717) is 23.7 Å². The normalized spacial score (nSPS) is 17.7. The maximum Gasteiger partial charge on any atom is 0.406 e. The van der Waals surface area contributed by atoms with Crippen molar-refractivity contribution in [3.63, 3.8) is 0 Å². The van der Waals surface area contributed by atoms with Crippen molar-refractivity contribution in [2.75, 3.05) is 24.6 Å². The van der Waals surface area contributed by atoms with Crippen molar-refractivity contribution in [2.45, 2.75) is 38.8 Å². The van der Waals surface area contributed by atoms with E-state index in [1.807, 2.05) is 0 Å². The van der Waals surface area contributed by atoms with Gasteiger partial charge in [0.25, 0.3) is 0 Å². The minimum atomic E-state index is -4.27. The van der Waals surface area contributed by atoms with Gasteiger partial charge in [-0.15, -0.1) is 11.3 Å². The van der Waals surface area contributed by atoms with Crippen LogP contribution in [0.5, 0.6) is 0 Å². The number of esters is 1. The van der Waals surface area contributed by atoms with Crippen molar-refractivity contribution in [2.24, 2.45) is 0 Å². The Hall–Kier alpha value is -1.31. The van der Waals surface area contributed by atoms with Crippen LogP contribution in [0.15, 0.2) is 0 Å². The summed E-state index contributed by atoms with van der Waals surface area (Å²) in [5.74, 6) is -0.776. The van der Waals surface area contributed by atoms with Gasteiger partial charge in [-0.25, -0.2) is 4.98 Å². The molecule has 21 heavy (non-hydrogen) atoms. The van der Waals surface area contributed by atoms with Gasteiger partial charge in [-0.3, -0.25) is 4.79 Å². The van der Waals surface area contributed by atoms with E-state index in [1.54, 1.807) is 13.8 Å². The molecule has 1 aromatic heterocycles. The highest BCUT2D eigenvalue weighted by atomic mass is 32.1. The van der Waals surface area contributed by atoms with E-state index in [9.17, 15) is 18.0 Å². The van der Waals surface area contributed by atoms with Crippen LogP contribution in [-0.2, 0) is 16.0 Å². The number of hydrogen-bond donors (Lipinski definition) is 0. The quantitative estimate of drug-likeness (QED) is 0.781. The summed E-state index contributed by atoms with van der Waals surface area (Å²) in [6.45, 7) is 2.86. The number of anilines is 1. The molecule has 8 heteroatoms. The summed E-state index contributed by atoms with van der Waals surface area (Å²) in [6.07, 6.45) is -2.98.